The summed E-state index contributed by atoms with van der Waals surface area (Å²) < 4.78 is 26.4. The first-order valence-corrected chi connectivity index (χ1v) is 6.32. The van der Waals surface area contributed by atoms with Gasteiger partial charge in [-0.3, -0.25) is 14.9 Å². The molecule has 0 bridgehead atoms. The van der Waals surface area contributed by atoms with Crippen LogP contribution >= 0.6 is 0 Å². The van der Waals surface area contributed by atoms with E-state index in [1.165, 1.54) is 36.2 Å². The van der Waals surface area contributed by atoms with E-state index in [9.17, 15) is 23.7 Å². The lowest BCUT2D eigenvalue weighted by Gasteiger charge is -2.17. The van der Waals surface area contributed by atoms with Gasteiger partial charge in [-0.1, -0.05) is 12.1 Å². The van der Waals surface area contributed by atoms with E-state index in [4.69, 9.17) is 0 Å². The maximum atomic E-state index is 13.6. The molecule has 0 unspecified atom stereocenters. The fraction of sp³-hybridized carbons (Fsp3) is 0.133. The Balaban J connectivity index is 2.18. The molecule has 0 atom stereocenters. The quantitative estimate of drug-likeness (QED) is 0.644. The van der Waals surface area contributed by atoms with Gasteiger partial charge in [-0.25, -0.2) is 8.78 Å². The molecule has 0 aromatic heterocycles. The molecule has 2 rings (SSSR count). The van der Waals surface area contributed by atoms with Crippen molar-refractivity contribution in [3.05, 3.63) is 75.3 Å². The van der Waals surface area contributed by atoms with Crippen molar-refractivity contribution in [3.8, 4) is 0 Å². The van der Waals surface area contributed by atoms with Gasteiger partial charge in [0.25, 0.3) is 11.6 Å². The minimum atomic E-state index is -0.751. The summed E-state index contributed by atoms with van der Waals surface area (Å²) >= 11 is 0. The van der Waals surface area contributed by atoms with Crippen molar-refractivity contribution in [1.29, 1.82) is 0 Å². The monoisotopic (exact) mass is 306 g/mol. The number of non-ortho nitro benzene ring substituents is 1. The summed E-state index contributed by atoms with van der Waals surface area (Å²) in [5, 5.41) is 10.7. The molecule has 1 amide bonds. The van der Waals surface area contributed by atoms with Crippen molar-refractivity contribution in [2.75, 3.05) is 7.05 Å². The largest absolute Gasteiger partial charge is 0.337 e. The summed E-state index contributed by atoms with van der Waals surface area (Å²) in [5.41, 5.74) is 0.0779. The minimum Gasteiger partial charge on any atom is -0.337 e. The zero-order valence-corrected chi connectivity index (χ0v) is 11.6. The molecule has 0 aliphatic heterocycles. The summed E-state index contributed by atoms with van der Waals surface area (Å²) in [6.45, 7) is -0.0758. The van der Waals surface area contributed by atoms with E-state index >= 15 is 0 Å². The Morgan fingerprint density at radius 3 is 2.59 bits per heavy atom. The van der Waals surface area contributed by atoms with Gasteiger partial charge in [0.15, 0.2) is 0 Å². The highest BCUT2D eigenvalue weighted by Gasteiger charge is 2.16. The average Bonchev–Trinajstić information content (AvgIpc) is 2.49. The van der Waals surface area contributed by atoms with Crippen LogP contribution in [0.2, 0.25) is 0 Å². The molecule has 0 spiro atoms. The first-order valence-electron chi connectivity index (χ1n) is 6.32. The summed E-state index contributed by atoms with van der Waals surface area (Å²) in [6, 6.07) is 8.35. The maximum Gasteiger partial charge on any atom is 0.270 e. The second kappa shape index (κ2) is 6.30. The van der Waals surface area contributed by atoms with Crippen LogP contribution in [0.1, 0.15) is 15.9 Å². The van der Waals surface area contributed by atoms with Crippen LogP contribution in [0.5, 0.6) is 0 Å². The van der Waals surface area contributed by atoms with Crippen molar-refractivity contribution >= 4 is 11.6 Å². The molecule has 0 aliphatic rings. The molecule has 0 aliphatic carbocycles. The Bertz CT molecular complexity index is 734. The van der Waals surface area contributed by atoms with Crippen LogP contribution in [-0.4, -0.2) is 22.8 Å². The van der Waals surface area contributed by atoms with E-state index in [0.29, 0.717) is 0 Å². The lowest BCUT2D eigenvalue weighted by Crippen LogP contribution is -2.26. The molecule has 7 heteroatoms. The summed E-state index contributed by atoms with van der Waals surface area (Å²) in [5.74, 6) is -1.94. The van der Waals surface area contributed by atoms with E-state index < -0.39 is 22.5 Å². The molecule has 0 heterocycles. The van der Waals surface area contributed by atoms with Crippen molar-refractivity contribution in [3.63, 3.8) is 0 Å². The van der Waals surface area contributed by atoms with Crippen LogP contribution in [0.25, 0.3) is 0 Å². The van der Waals surface area contributed by atoms with Crippen LogP contribution in [0.4, 0.5) is 14.5 Å². The van der Waals surface area contributed by atoms with Gasteiger partial charge in [0.2, 0.25) is 0 Å². The van der Waals surface area contributed by atoms with E-state index in [-0.39, 0.29) is 23.4 Å². The average molecular weight is 306 g/mol. The Labute approximate surface area is 124 Å². The first kappa shape index (κ1) is 15.6. The Hall–Kier alpha value is -2.83. The van der Waals surface area contributed by atoms with Crippen LogP contribution in [0, 0.1) is 21.7 Å². The number of halogens is 2. The second-order valence-electron chi connectivity index (χ2n) is 4.70. The topological polar surface area (TPSA) is 63.5 Å². The third-order valence-corrected chi connectivity index (χ3v) is 3.07. The maximum absolute atomic E-state index is 13.6. The van der Waals surface area contributed by atoms with Gasteiger partial charge in [0.05, 0.1) is 4.92 Å². The highest BCUT2D eigenvalue weighted by atomic mass is 19.1. The molecule has 2 aromatic rings. The molecule has 0 N–H and O–H groups in total. The van der Waals surface area contributed by atoms with Gasteiger partial charge in [0.1, 0.15) is 11.6 Å². The van der Waals surface area contributed by atoms with Gasteiger partial charge in [-0.15, -0.1) is 0 Å². The van der Waals surface area contributed by atoms with Gasteiger partial charge in [-0.05, 0) is 12.1 Å². The fourth-order valence-corrected chi connectivity index (χ4v) is 1.95. The van der Waals surface area contributed by atoms with Crippen LogP contribution in [0.15, 0.2) is 42.5 Å². The standard InChI is InChI=1S/C15H12F2N2O3/c1-18(9-11-5-6-12(16)8-14(11)17)15(20)10-3-2-4-13(7-10)19(21)22/h2-8H,9H2,1H3. The number of hydrogen-bond donors (Lipinski definition) is 0. The molecule has 5 nitrogen and oxygen atoms in total. The molecule has 0 fully saturated rings. The van der Waals surface area contributed by atoms with Crippen LogP contribution < -0.4 is 0 Å². The van der Waals surface area contributed by atoms with Crippen molar-refractivity contribution in [1.82, 2.24) is 4.90 Å². The van der Waals surface area contributed by atoms with Gasteiger partial charge in [0, 0.05) is 42.9 Å². The molecular weight excluding hydrogens is 294 g/mol. The van der Waals surface area contributed by atoms with E-state index in [1.54, 1.807) is 0 Å². The number of hydrogen-bond acceptors (Lipinski definition) is 3. The first-order chi connectivity index (χ1) is 10.4. The molecule has 0 saturated heterocycles. The van der Waals surface area contributed by atoms with Crippen molar-refractivity contribution < 1.29 is 18.5 Å². The van der Waals surface area contributed by atoms with E-state index in [2.05, 4.69) is 0 Å². The lowest BCUT2D eigenvalue weighted by atomic mass is 10.1. The number of benzene rings is 2. The molecule has 0 saturated carbocycles. The number of rotatable bonds is 4. The zero-order valence-electron chi connectivity index (χ0n) is 11.6. The number of carbonyl (C=O) groups excluding carboxylic acids is 1. The SMILES string of the molecule is CN(Cc1ccc(F)cc1F)C(=O)c1cccc([N+](=O)[O-])c1. The zero-order chi connectivity index (χ0) is 16.3. The molecule has 0 radical (unpaired) electrons. The van der Waals surface area contributed by atoms with Gasteiger partial charge >= 0.3 is 0 Å². The summed E-state index contributed by atoms with van der Waals surface area (Å²) in [6.07, 6.45) is 0. The molecule has 114 valence electrons. The fourth-order valence-electron chi connectivity index (χ4n) is 1.95. The predicted octanol–water partition coefficient (Wildman–Crippen LogP) is 3.15. The van der Waals surface area contributed by atoms with Crippen LogP contribution in [-0.2, 0) is 6.54 Å². The normalized spacial score (nSPS) is 10.3. The smallest absolute Gasteiger partial charge is 0.270 e. The third-order valence-electron chi connectivity index (χ3n) is 3.07. The lowest BCUT2D eigenvalue weighted by molar-refractivity contribution is -0.384. The van der Waals surface area contributed by atoms with Gasteiger partial charge in [-0.2, -0.15) is 0 Å². The van der Waals surface area contributed by atoms with Crippen LogP contribution in [0.3, 0.4) is 0 Å². The summed E-state index contributed by atoms with van der Waals surface area (Å²) in [7, 11) is 1.43. The molecule has 22 heavy (non-hydrogen) atoms. The number of amides is 1. The summed E-state index contributed by atoms with van der Waals surface area (Å²) in [4.78, 5) is 23.5. The number of nitro benzene ring substituents is 1. The van der Waals surface area contributed by atoms with E-state index in [0.717, 1.165) is 18.2 Å². The number of carbonyl (C=O) groups is 1. The predicted molar refractivity (Wildman–Crippen MR) is 75.3 cm³/mol. The number of nitrogens with zero attached hydrogens (tertiary/aromatic N) is 2. The number of nitro groups is 1. The second-order valence-corrected chi connectivity index (χ2v) is 4.70. The van der Waals surface area contributed by atoms with Gasteiger partial charge < -0.3 is 4.90 Å². The van der Waals surface area contributed by atoms with Crippen molar-refractivity contribution in [2.24, 2.45) is 0 Å². The molecular formula is C15H12F2N2O3. The third kappa shape index (κ3) is 3.43. The molecule has 2 aromatic carbocycles. The highest BCUT2D eigenvalue weighted by Crippen LogP contribution is 2.17. The van der Waals surface area contributed by atoms with Crippen molar-refractivity contribution in [2.45, 2.75) is 6.54 Å². The Kier molecular flexibility index (Phi) is 4.45. The van der Waals surface area contributed by atoms with E-state index in [1.807, 2.05) is 0 Å². The minimum absolute atomic E-state index is 0.0758. The Morgan fingerprint density at radius 2 is 1.95 bits per heavy atom. The Morgan fingerprint density at radius 1 is 1.23 bits per heavy atom. The highest BCUT2D eigenvalue weighted by molar-refractivity contribution is 5.94.